The molecule has 2 rings (SSSR count). The van der Waals surface area contributed by atoms with Crippen LogP contribution in [-0.4, -0.2) is 11.3 Å². The molecular formula is C12H17NS. The summed E-state index contributed by atoms with van der Waals surface area (Å²) in [5.41, 5.74) is 7.25. The second kappa shape index (κ2) is 4.37. The van der Waals surface area contributed by atoms with Gasteiger partial charge in [0.1, 0.15) is 0 Å². The van der Waals surface area contributed by atoms with Crippen molar-refractivity contribution in [3.8, 4) is 0 Å². The van der Waals surface area contributed by atoms with Crippen molar-refractivity contribution in [2.75, 3.05) is 0 Å². The van der Waals surface area contributed by atoms with Gasteiger partial charge in [0.2, 0.25) is 0 Å². The molecule has 1 unspecified atom stereocenters. The molecule has 1 atom stereocenters. The van der Waals surface area contributed by atoms with E-state index < -0.39 is 0 Å². The molecule has 1 fully saturated rings. The van der Waals surface area contributed by atoms with Gasteiger partial charge in [-0.2, -0.15) is 0 Å². The minimum atomic E-state index is 0.260. The summed E-state index contributed by atoms with van der Waals surface area (Å²) in [6, 6.07) is 8.91. The molecule has 14 heavy (non-hydrogen) atoms. The lowest BCUT2D eigenvalue weighted by Gasteiger charge is -2.10. The van der Waals surface area contributed by atoms with Crippen LogP contribution in [0, 0.1) is 0 Å². The van der Waals surface area contributed by atoms with E-state index in [0.29, 0.717) is 0 Å². The van der Waals surface area contributed by atoms with Crippen LogP contribution in [0.2, 0.25) is 0 Å². The summed E-state index contributed by atoms with van der Waals surface area (Å²) < 4.78 is 0. The molecule has 1 aliphatic carbocycles. The van der Waals surface area contributed by atoms with Gasteiger partial charge in [-0.05, 0) is 37.8 Å². The van der Waals surface area contributed by atoms with Crippen molar-refractivity contribution in [2.24, 2.45) is 5.73 Å². The average molecular weight is 207 g/mol. The molecule has 0 aliphatic heterocycles. The van der Waals surface area contributed by atoms with Crippen LogP contribution in [0.3, 0.4) is 0 Å². The molecule has 0 saturated heterocycles. The zero-order valence-corrected chi connectivity index (χ0v) is 9.39. The summed E-state index contributed by atoms with van der Waals surface area (Å²) in [6.07, 6.45) is 3.77. The number of rotatable bonds is 4. The first-order valence-corrected chi connectivity index (χ1v) is 6.14. The highest BCUT2D eigenvalue weighted by Crippen LogP contribution is 2.40. The van der Waals surface area contributed by atoms with Crippen LogP contribution >= 0.6 is 11.8 Å². The van der Waals surface area contributed by atoms with Crippen molar-refractivity contribution in [1.29, 1.82) is 0 Å². The van der Waals surface area contributed by atoms with E-state index in [1.165, 1.54) is 23.3 Å². The fourth-order valence-corrected chi connectivity index (χ4v) is 2.69. The van der Waals surface area contributed by atoms with Gasteiger partial charge in [-0.25, -0.2) is 0 Å². The van der Waals surface area contributed by atoms with E-state index in [4.69, 9.17) is 5.73 Å². The molecule has 0 radical (unpaired) electrons. The van der Waals surface area contributed by atoms with Crippen LogP contribution in [-0.2, 0) is 6.42 Å². The van der Waals surface area contributed by atoms with E-state index in [9.17, 15) is 0 Å². The lowest BCUT2D eigenvalue weighted by atomic mass is 10.1. The predicted molar refractivity (Wildman–Crippen MR) is 62.7 cm³/mol. The molecule has 1 aromatic rings. The van der Waals surface area contributed by atoms with Gasteiger partial charge in [-0.15, -0.1) is 11.8 Å². The Balaban J connectivity index is 2.10. The summed E-state index contributed by atoms with van der Waals surface area (Å²) >= 11 is 2.02. The largest absolute Gasteiger partial charge is 0.328 e. The van der Waals surface area contributed by atoms with Crippen LogP contribution in [0.1, 0.15) is 25.3 Å². The van der Waals surface area contributed by atoms with Gasteiger partial charge in [0.15, 0.2) is 0 Å². The molecule has 76 valence electrons. The molecule has 1 saturated carbocycles. The average Bonchev–Trinajstić information content (AvgIpc) is 2.91. The van der Waals surface area contributed by atoms with Gasteiger partial charge < -0.3 is 5.73 Å². The van der Waals surface area contributed by atoms with Crippen LogP contribution in [0.4, 0.5) is 0 Å². The zero-order chi connectivity index (χ0) is 9.97. The van der Waals surface area contributed by atoms with E-state index in [1.807, 2.05) is 11.8 Å². The molecule has 0 heterocycles. The van der Waals surface area contributed by atoms with Crippen molar-refractivity contribution in [3.63, 3.8) is 0 Å². The van der Waals surface area contributed by atoms with Gasteiger partial charge in [-0.3, -0.25) is 0 Å². The third kappa shape index (κ3) is 2.76. The molecule has 0 bridgehead atoms. The maximum Gasteiger partial charge on any atom is 0.0107 e. The minimum absolute atomic E-state index is 0.260. The molecule has 2 N–H and O–H groups in total. The van der Waals surface area contributed by atoms with Crippen LogP contribution < -0.4 is 5.73 Å². The number of thioether (sulfide) groups is 1. The highest BCUT2D eigenvalue weighted by Gasteiger charge is 2.23. The van der Waals surface area contributed by atoms with Crippen molar-refractivity contribution in [3.05, 3.63) is 29.8 Å². The third-order valence-corrected chi connectivity index (χ3v) is 3.79. The highest BCUT2D eigenvalue weighted by molar-refractivity contribution is 8.00. The van der Waals surface area contributed by atoms with Gasteiger partial charge in [0.05, 0.1) is 0 Å². The summed E-state index contributed by atoms with van der Waals surface area (Å²) in [7, 11) is 0. The third-order valence-electron chi connectivity index (χ3n) is 2.33. The molecule has 0 spiro atoms. The Labute approximate surface area is 90.1 Å². The number of benzene rings is 1. The summed E-state index contributed by atoms with van der Waals surface area (Å²) in [4.78, 5) is 1.44. The Morgan fingerprint density at radius 3 is 2.79 bits per heavy atom. The summed E-state index contributed by atoms with van der Waals surface area (Å²) in [6.45, 7) is 2.07. The predicted octanol–water partition coefficient (Wildman–Crippen LogP) is 2.83. The lowest BCUT2D eigenvalue weighted by molar-refractivity contribution is 0.729. The van der Waals surface area contributed by atoms with Crippen LogP contribution in [0.5, 0.6) is 0 Å². The molecular weight excluding hydrogens is 190 g/mol. The molecule has 0 amide bonds. The summed E-state index contributed by atoms with van der Waals surface area (Å²) in [5.74, 6) is 0. The Kier molecular flexibility index (Phi) is 3.14. The van der Waals surface area contributed by atoms with Crippen LogP contribution in [0.25, 0.3) is 0 Å². The van der Waals surface area contributed by atoms with E-state index in [-0.39, 0.29) is 6.04 Å². The Bertz CT molecular complexity index is 282. The topological polar surface area (TPSA) is 26.0 Å². The molecule has 1 aromatic carbocycles. The maximum absolute atomic E-state index is 5.83. The fourth-order valence-electron chi connectivity index (χ4n) is 1.50. The van der Waals surface area contributed by atoms with Crippen molar-refractivity contribution < 1.29 is 0 Å². The Morgan fingerprint density at radius 2 is 2.14 bits per heavy atom. The second-order valence-corrected chi connectivity index (χ2v) is 5.45. The molecule has 2 heteroatoms. The van der Waals surface area contributed by atoms with Gasteiger partial charge in [0, 0.05) is 16.2 Å². The van der Waals surface area contributed by atoms with Crippen molar-refractivity contribution in [1.82, 2.24) is 0 Å². The first-order chi connectivity index (χ1) is 6.75. The molecule has 1 nitrogen and oxygen atoms in total. The molecule has 0 aromatic heterocycles. The lowest BCUT2D eigenvalue weighted by Crippen LogP contribution is -2.18. The van der Waals surface area contributed by atoms with Crippen molar-refractivity contribution in [2.45, 2.75) is 42.4 Å². The standard InChI is InChI=1S/C12H17NS/c1-9(13)8-10-4-2-3-5-12(10)14-11-6-7-11/h2-5,9,11H,6-8,13H2,1H3. The monoisotopic (exact) mass is 207 g/mol. The highest BCUT2D eigenvalue weighted by atomic mass is 32.2. The normalized spacial score (nSPS) is 18.1. The molecule has 1 aliphatic rings. The first kappa shape index (κ1) is 10.1. The second-order valence-electron chi connectivity index (χ2n) is 4.11. The smallest absolute Gasteiger partial charge is 0.0107 e. The SMILES string of the molecule is CC(N)Cc1ccccc1SC1CC1. The zero-order valence-electron chi connectivity index (χ0n) is 8.57. The van der Waals surface area contributed by atoms with E-state index in [0.717, 1.165) is 11.7 Å². The van der Waals surface area contributed by atoms with Gasteiger partial charge >= 0.3 is 0 Å². The van der Waals surface area contributed by atoms with E-state index >= 15 is 0 Å². The van der Waals surface area contributed by atoms with Crippen molar-refractivity contribution >= 4 is 11.8 Å². The van der Waals surface area contributed by atoms with Gasteiger partial charge in [-0.1, -0.05) is 18.2 Å². The maximum atomic E-state index is 5.83. The Morgan fingerprint density at radius 1 is 1.43 bits per heavy atom. The van der Waals surface area contributed by atoms with E-state index in [2.05, 4.69) is 31.2 Å². The fraction of sp³-hybridized carbons (Fsp3) is 0.500. The number of nitrogens with two attached hydrogens (primary N) is 1. The van der Waals surface area contributed by atoms with Gasteiger partial charge in [0.25, 0.3) is 0 Å². The van der Waals surface area contributed by atoms with Crippen LogP contribution in [0.15, 0.2) is 29.2 Å². The first-order valence-electron chi connectivity index (χ1n) is 5.26. The van der Waals surface area contributed by atoms with E-state index in [1.54, 1.807) is 0 Å². The summed E-state index contributed by atoms with van der Waals surface area (Å²) in [5, 5.41) is 0.879. The quantitative estimate of drug-likeness (QED) is 0.821. The minimum Gasteiger partial charge on any atom is -0.328 e. The number of hydrogen-bond donors (Lipinski definition) is 1. The Hall–Kier alpha value is -0.470. The number of hydrogen-bond acceptors (Lipinski definition) is 2.